The second kappa shape index (κ2) is 6.70. The van der Waals surface area contributed by atoms with Crippen molar-refractivity contribution < 1.29 is 0 Å². The van der Waals surface area contributed by atoms with E-state index in [0.717, 1.165) is 34.7 Å². The van der Waals surface area contributed by atoms with Crippen molar-refractivity contribution >= 4 is 29.1 Å². The van der Waals surface area contributed by atoms with Crippen LogP contribution in [-0.4, -0.2) is 20.9 Å². The molecule has 0 aliphatic carbocycles. The van der Waals surface area contributed by atoms with Crippen LogP contribution in [0.2, 0.25) is 0 Å². The molecule has 0 saturated carbocycles. The lowest BCUT2D eigenvalue weighted by Crippen LogP contribution is -2.01. The third kappa shape index (κ3) is 3.96. The number of rotatable bonds is 6. The van der Waals surface area contributed by atoms with E-state index in [1.165, 1.54) is 17.1 Å². The van der Waals surface area contributed by atoms with Crippen LogP contribution in [0.4, 0.5) is 5.82 Å². The van der Waals surface area contributed by atoms with Crippen molar-refractivity contribution in [2.45, 2.75) is 30.4 Å². The second-order valence-electron chi connectivity index (χ2n) is 3.87. The van der Waals surface area contributed by atoms with E-state index in [0.29, 0.717) is 0 Å². The summed E-state index contributed by atoms with van der Waals surface area (Å²) in [5, 5.41) is 3.29. The lowest BCUT2D eigenvalue weighted by Gasteiger charge is -2.05. The standard InChI is InChI=1S/C12H16N4S2/c1-3-5-13-11-7-10(4-6-14-11)8-17-12-15-9(2)16-18-12/h4,6-7H,3,5,8H2,1-2H3,(H,13,14). The molecule has 0 unspecified atom stereocenters. The highest BCUT2D eigenvalue weighted by molar-refractivity contribution is 8.00. The van der Waals surface area contributed by atoms with Gasteiger partial charge in [0.25, 0.3) is 0 Å². The molecule has 2 aromatic rings. The van der Waals surface area contributed by atoms with Gasteiger partial charge < -0.3 is 5.32 Å². The average molecular weight is 280 g/mol. The summed E-state index contributed by atoms with van der Waals surface area (Å²) in [6, 6.07) is 4.13. The van der Waals surface area contributed by atoms with Crippen LogP contribution in [0.15, 0.2) is 22.7 Å². The molecule has 18 heavy (non-hydrogen) atoms. The first-order chi connectivity index (χ1) is 8.78. The third-order valence-electron chi connectivity index (χ3n) is 2.25. The van der Waals surface area contributed by atoms with Crippen molar-refractivity contribution in [3.8, 4) is 0 Å². The van der Waals surface area contributed by atoms with Crippen molar-refractivity contribution in [1.29, 1.82) is 0 Å². The first kappa shape index (κ1) is 13.3. The lowest BCUT2D eigenvalue weighted by molar-refractivity contribution is 0.968. The molecule has 4 nitrogen and oxygen atoms in total. The molecule has 0 amide bonds. The van der Waals surface area contributed by atoms with E-state index in [1.54, 1.807) is 11.8 Å². The number of nitrogens with one attached hydrogen (secondary N) is 1. The molecule has 6 heteroatoms. The van der Waals surface area contributed by atoms with E-state index in [1.807, 2.05) is 19.2 Å². The summed E-state index contributed by atoms with van der Waals surface area (Å²) in [6.07, 6.45) is 2.95. The Morgan fingerprint density at radius 3 is 3.06 bits per heavy atom. The van der Waals surface area contributed by atoms with E-state index in [2.05, 4.69) is 32.6 Å². The van der Waals surface area contributed by atoms with Gasteiger partial charge in [-0.25, -0.2) is 9.97 Å². The number of thioether (sulfide) groups is 1. The smallest absolute Gasteiger partial charge is 0.170 e. The van der Waals surface area contributed by atoms with Gasteiger partial charge in [-0.2, -0.15) is 4.37 Å². The SMILES string of the molecule is CCCNc1cc(CSc2nc(C)ns2)ccn1. The van der Waals surface area contributed by atoms with Gasteiger partial charge in [0.15, 0.2) is 4.34 Å². The zero-order chi connectivity index (χ0) is 12.8. The molecule has 0 spiro atoms. The Labute approximate surface area is 115 Å². The Balaban J connectivity index is 1.92. The second-order valence-corrected chi connectivity index (χ2v) is 5.85. The molecular formula is C12H16N4S2. The minimum absolute atomic E-state index is 0.850. The third-order valence-corrected chi connectivity index (χ3v) is 4.25. The van der Waals surface area contributed by atoms with Crippen LogP contribution in [0.3, 0.4) is 0 Å². The van der Waals surface area contributed by atoms with Crippen molar-refractivity contribution in [3.63, 3.8) is 0 Å². The highest BCUT2D eigenvalue weighted by Gasteiger charge is 2.02. The summed E-state index contributed by atoms with van der Waals surface area (Å²) in [4.78, 5) is 8.63. The van der Waals surface area contributed by atoms with Crippen molar-refractivity contribution in [1.82, 2.24) is 14.3 Å². The Bertz CT molecular complexity index is 498. The normalized spacial score (nSPS) is 10.6. The monoisotopic (exact) mass is 280 g/mol. The largest absolute Gasteiger partial charge is 0.370 e. The number of aromatic nitrogens is 3. The molecule has 0 aliphatic rings. The molecule has 96 valence electrons. The highest BCUT2D eigenvalue weighted by Crippen LogP contribution is 2.24. The maximum Gasteiger partial charge on any atom is 0.170 e. The molecule has 2 rings (SSSR count). The number of hydrogen-bond donors (Lipinski definition) is 1. The minimum Gasteiger partial charge on any atom is -0.370 e. The molecule has 1 N–H and O–H groups in total. The maximum absolute atomic E-state index is 4.34. The van der Waals surface area contributed by atoms with Gasteiger partial charge >= 0.3 is 0 Å². The minimum atomic E-state index is 0.850. The quantitative estimate of drug-likeness (QED) is 0.822. The first-order valence-corrected chi connectivity index (χ1v) is 7.65. The van der Waals surface area contributed by atoms with Crippen LogP contribution in [0.1, 0.15) is 24.7 Å². The first-order valence-electron chi connectivity index (χ1n) is 5.90. The summed E-state index contributed by atoms with van der Waals surface area (Å²) >= 11 is 3.17. The van der Waals surface area contributed by atoms with Gasteiger partial charge in [0.05, 0.1) is 0 Å². The van der Waals surface area contributed by atoms with Crippen molar-refractivity contribution in [3.05, 3.63) is 29.7 Å². The Hall–Kier alpha value is -1.14. The zero-order valence-corrected chi connectivity index (χ0v) is 12.1. The topological polar surface area (TPSA) is 50.7 Å². The van der Waals surface area contributed by atoms with Crippen LogP contribution in [0, 0.1) is 6.92 Å². The van der Waals surface area contributed by atoms with Crippen molar-refractivity contribution in [2.24, 2.45) is 0 Å². The van der Waals surface area contributed by atoms with E-state index < -0.39 is 0 Å². The van der Waals surface area contributed by atoms with Gasteiger partial charge in [-0.1, -0.05) is 18.7 Å². The van der Waals surface area contributed by atoms with E-state index in [9.17, 15) is 0 Å². The Kier molecular flexibility index (Phi) is 4.95. The Morgan fingerprint density at radius 2 is 2.33 bits per heavy atom. The van der Waals surface area contributed by atoms with Gasteiger partial charge in [-0.05, 0) is 42.6 Å². The molecule has 0 saturated heterocycles. The molecule has 0 radical (unpaired) electrons. The van der Waals surface area contributed by atoms with Gasteiger partial charge in [0.2, 0.25) is 0 Å². The van der Waals surface area contributed by atoms with E-state index in [4.69, 9.17) is 0 Å². The van der Waals surface area contributed by atoms with Crippen LogP contribution < -0.4 is 5.32 Å². The number of nitrogens with zero attached hydrogens (tertiary/aromatic N) is 3. The van der Waals surface area contributed by atoms with Gasteiger partial charge in [-0.3, -0.25) is 0 Å². The fourth-order valence-corrected chi connectivity index (χ4v) is 2.99. The predicted molar refractivity (Wildman–Crippen MR) is 77.2 cm³/mol. The number of pyridine rings is 1. The summed E-state index contributed by atoms with van der Waals surface area (Å²) in [5.41, 5.74) is 1.25. The summed E-state index contributed by atoms with van der Waals surface area (Å²) in [7, 11) is 0. The summed E-state index contributed by atoms with van der Waals surface area (Å²) in [5.74, 6) is 2.70. The Morgan fingerprint density at radius 1 is 1.44 bits per heavy atom. The number of anilines is 1. The van der Waals surface area contributed by atoms with Crippen LogP contribution in [-0.2, 0) is 5.75 Å². The summed E-state index contributed by atoms with van der Waals surface area (Å²) < 4.78 is 5.19. The van der Waals surface area contributed by atoms with Gasteiger partial charge in [0.1, 0.15) is 11.6 Å². The van der Waals surface area contributed by atoms with Crippen LogP contribution in [0.25, 0.3) is 0 Å². The number of aryl methyl sites for hydroxylation is 1. The fourth-order valence-electron chi connectivity index (χ4n) is 1.40. The zero-order valence-electron chi connectivity index (χ0n) is 10.5. The highest BCUT2D eigenvalue weighted by atomic mass is 32.2. The van der Waals surface area contributed by atoms with E-state index in [-0.39, 0.29) is 0 Å². The van der Waals surface area contributed by atoms with E-state index >= 15 is 0 Å². The van der Waals surface area contributed by atoms with Crippen molar-refractivity contribution in [2.75, 3.05) is 11.9 Å². The van der Waals surface area contributed by atoms with Gasteiger partial charge in [-0.15, -0.1) is 0 Å². The maximum atomic E-state index is 4.34. The fraction of sp³-hybridized carbons (Fsp3) is 0.417. The van der Waals surface area contributed by atoms with Gasteiger partial charge in [0, 0.05) is 18.5 Å². The predicted octanol–water partition coefficient (Wildman–Crippen LogP) is 3.36. The average Bonchev–Trinajstić information content (AvgIpc) is 2.80. The molecule has 2 heterocycles. The van der Waals surface area contributed by atoms with Crippen LogP contribution >= 0.6 is 23.3 Å². The molecule has 0 aliphatic heterocycles. The number of hydrogen-bond acceptors (Lipinski definition) is 6. The molecular weight excluding hydrogens is 264 g/mol. The molecule has 2 aromatic heterocycles. The lowest BCUT2D eigenvalue weighted by atomic mass is 10.3. The molecule has 0 fully saturated rings. The molecule has 0 atom stereocenters. The van der Waals surface area contributed by atoms with Crippen LogP contribution in [0.5, 0.6) is 0 Å². The summed E-state index contributed by atoms with van der Waals surface area (Å²) in [6.45, 7) is 5.02. The molecule has 0 bridgehead atoms. The molecule has 0 aromatic carbocycles.